The zero-order valence-corrected chi connectivity index (χ0v) is 17.3. The molecule has 0 radical (unpaired) electrons. The molecule has 1 N–H and O–H groups in total. The quantitative estimate of drug-likeness (QED) is 0.720. The molecule has 2 aliphatic heterocycles. The van der Waals surface area contributed by atoms with Gasteiger partial charge in [-0.2, -0.15) is 0 Å². The lowest BCUT2D eigenvalue weighted by atomic mass is 9.74. The number of piperidine rings is 2. The van der Waals surface area contributed by atoms with E-state index in [-0.39, 0.29) is 17.9 Å². The number of nitrogens with zero attached hydrogens (tertiary/aromatic N) is 2. The molecule has 2 saturated heterocycles. The average Bonchev–Trinajstić information content (AvgIpc) is 2.56. The van der Waals surface area contributed by atoms with Gasteiger partial charge >= 0.3 is 6.09 Å². The molecule has 0 unspecified atom stereocenters. The van der Waals surface area contributed by atoms with Crippen molar-refractivity contribution >= 4 is 33.7 Å². The SMILES string of the molecule is Cc1ccc(Br)nc1NC(=O)[C@H]1C2CCC(CC2)N1C(=O)OC(C)(C)C. The molecule has 4 rings (SSSR count). The number of hydrogen-bond donors (Lipinski definition) is 1. The highest BCUT2D eigenvalue weighted by Gasteiger charge is 2.49. The van der Waals surface area contributed by atoms with E-state index in [1.807, 2.05) is 39.8 Å². The maximum atomic E-state index is 13.1. The van der Waals surface area contributed by atoms with Crippen LogP contribution in [0.3, 0.4) is 0 Å². The van der Waals surface area contributed by atoms with Gasteiger partial charge in [-0.1, -0.05) is 6.07 Å². The minimum Gasteiger partial charge on any atom is -0.444 e. The van der Waals surface area contributed by atoms with Gasteiger partial charge in [0.2, 0.25) is 5.91 Å². The lowest BCUT2D eigenvalue weighted by Crippen LogP contribution is -2.62. The summed E-state index contributed by atoms with van der Waals surface area (Å²) in [6.45, 7) is 7.43. The Labute approximate surface area is 162 Å². The summed E-state index contributed by atoms with van der Waals surface area (Å²) in [7, 11) is 0. The van der Waals surface area contributed by atoms with Crippen LogP contribution in [-0.4, -0.2) is 39.6 Å². The number of aromatic nitrogens is 1. The number of ether oxygens (including phenoxy) is 1. The normalized spacial score (nSPS) is 25.1. The summed E-state index contributed by atoms with van der Waals surface area (Å²) < 4.78 is 6.25. The minimum atomic E-state index is -0.586. The van der Waals surface area contributed by atoms with Crippen LogP contribution in [0.1, 0.15) is 52.0 Å². The third kappa shape index (κ3) is 4.03. The van der Waals surface area contributed by atoms with E-state index in [0.29, 0.717) is 10.4 Å². The predicted octanol–water partition coefficient (Wildman–Crippen LogP) is 4.27. The lowest BCUT2D eigenvalue weighted by molar-refractivity contribution is -0.129. The first-order valence-corrected chi connectivity index (χ1v) is 9.90. The number of amides is 2. The first-order valence-electron chi connectivity index (χ1n) is 9.11. The van der Waals surface area contributed by atoms with Gasteiger partial charge in [-0.05, 0) is 86.9 Å². The number of fused-ring (bicyclic) bond motifs is 3. The van der Waals surface area contributed by atoms with Gasteiger partial charge in [0.1, 0.15) is 22.1 Å². The summed E-state index contributed by atoms with van der Waals surface area (Å²) in [5, 5.41) is 2.92. The van der Waals surface area contributed by atoms with E-state index < -0.39 is 17.7 Å². The first kappa shape index (κ1) is 19.1. The van der Waals surface area contributed by atoms with E-state index in [9.17, 15) is 9.59 Å². The Balaban J connectivity index is 1.83. The topological polar surface area (TPSA) is 71.5 Å². The van der Waals surface area contributed by atoms with Crippen LogP contribution in [0.5, 0.6) is 0 Å². The number of rotatable bonds is 2. The number of pyridine rings is 1. The zero-order valence-electron chi connectivity index (χ0n) is 15.7. The molecular weight excluding hydrogens is 398 g/mol. The van der Waals surface area contributed by atoms with Crippen LogP contribution in [0.2, 0.25) is 0 Å². The summed E-state index contributed by atoms with van der Waals surface area (Å²) in [5.74, 6) is 0.508. The van der Waals surface area contributed by atoms with E-state index in [4.69, 9.17) is 4.74 Å². The molecule has 1 saturated carbocycles. The highest BCUT2D eigenvalue weighted by Crippen LogP contribution is 2.40. The van der Waals surface area contributed by atoms with E-state index in [1.165, 1.54) is 0 Å². The molecule has 6 nitrogen and oxygen atoms in total. The van der Waals surface area contributed by atoms with E-state index in [0.717, 1.165) is 31.2 Å². The second-order valence-corrected chi connectivity index (χ2v) is 9.00. The van der Waals surface area contributed by atoms with Gasteiger partial charge in [-0.3, -0.25) is 9.69 Å². The van der Waals surface area contributed by atoms with E-state index in [2.05, 4.69) is 26.2 Å². The molecule has 1 aromatic rings. The monoisotopic (exact) mass is 423 g/mol. The van der Waals surface area contributed by atoms with Gasteiger partial charge in [0, 0.05) is 6.04 Å². The highest BCUT2D eigenvalue weighted by molar-refractivity contribution is 9.10. The Morgan fingerprint density at radius 3 is 2.50 bits per heavy atom. The molecule has 1 atom stereocenters. The fourth-order valence-corrected chi connectivity index (χ4v) is 4.20. The van der Waals surface area contributed by atoms with Gasteiger partial charge in [-0.15, -0.1) is 0 Å². The number of anilines is 1. The van der Waals surface area contributed by atoms with Crippen LogP contribution in [0.15, 0.2) is 16.7 Å². The van der Waals surface area contributed by atoms with Gasteiger partial charge < -0.3 is 10.1 Å². The van der Waals surface area contributed by atoms with Crippen molar-refractivity contribution in [2.45, 2.75) is 71.1 Å². The number of halogens is 1. The Morgan fingerprint density at radius 1 is 1.23 bits per heavy atom. The molecular formula is C19H26BrN3O3. The van der Waals surface area contributed by atoms with Gasteiger partial charge in [-0.25, -0.2) is 9.78 Å². The van der Waals surface area contributed by atoms with Crippen LogP contribution < -0.4 is 5.32 Å². The van der Waals surface area contributed by atoms with Crippen LogP contribution in [0, 0.1) is 12.8 Å². The molecule has 2 bridgehead atoms. The highest BCUT2D eigenvalue weighted by atomic mass is 79.9. The van der Waals surface area contributed by atoms with E-state index >= 15 is 0 Å². The Kier molecular flexibility index (Phi) is 5.28. The number of carbonyl (C=O) groups is 2. The summed E-state index contributed by atoms with van der Waals surface area (Å²) in [4.78, 5) is 31.9. The average molecular weight is 424 g/mol. The fourth-order valence-electron chi connectivity index (χ4n) is 3.89. The Hall–Kier alpha value is -1.63. The fraction of sp³-hybridized carbons (Fsp3) is 0.632. The molecule has 26 heavy (non-hydrogen) atoms. The van der Waals surface area contributed by atoms with Gasteiger partial charge in [0.25, 0.3) is 0 Å². The number of hydrogen-bond acceptors (Lipinski definition) is 4. The van der Waals surface area contributed by atoms with Crippen LogP contribution in [0.4, 0.5) is 10.6 Å². The largest absolute Gasteiger partial charge is 0.444 e. The second kappa shape index (κ2) is 7.18. The Morgan fingerprint density at radius 2 is 1.88 bits per heavy atom. The molecule has 142 valence electrons. The zero-order chi connectivity index (χ0) is 19.1. The van der Waals surface area contributed by atoms with Gasteiger partial charge in [0.05, 0.1) is 0 Å². The summed E-state index contributed by atoms with van der Waals surface area (Å²) >= 11 is 3.34. The van der Waals surface area contributed by atoms with E-state index in [1.54, 1.807) is 4.90 Å². The molecule has 1 aromatic heterocycles. The third-order valence-corrected chi connectivity index (χ3v) is 5.50. The van der Waals surface area contributed by atoms with Crippen molar-refractivity contribution in [2.75, 3.05) is 5.32 Å². The number of aryl methyl sites for hydroxylation is 1. The van der Waals surface area contributed by atoms with Crippen molar-refractivity contribution < 1.29 is 14.3 Å². The molecule has 0 spiro atoms. The molecule has 3 heterocycles. The van der Waals surface area contributed by atoms with Crippen molar-refractivity contribution in [1.29, 1.82) is 0 Å². The number of carbonyl (C=O) groups excluding carboxylic acids is 2. The van der Waals surface area contributed by atoms with Crippen molar-refractivity contribution in [1.82, 2.24) is 9.88 Å². The van der Waals surface area contributed by atoms with Crippen LogP contribution in [0.25, 0.3) is 0 Å². The van der Waals surface area contributed by atoms with Crippen LogP contribution in [-0.2, 0) is 9.53 Å². The van der Waals surface area contributed by atoms with Crippen molar-refractivity contribution in [3.05, 3.63) is 22.3 Å². The summed E-state index contributed by atoms with van der Waals surface area (Å²) in [5.41, 5.74) is 0.295. The summed E-state index contributed by atoms with van der Waals surface area (Å²) in [6, 6.07) is 3.30. The molecule has 3 fully saturated rings. The maximum absolute atomic E-state index is 13.1. The minimum absolute atomic E-state index is 0.0714. The first-order chi connectivity index (χ1) is 12.2. The van der Waals surface area contributed by atoms with Crippen molar-refractivity contribution in [2.24, 2.45) is 5.92 Å². The summed E-state index contributed by atoms with van der Waals surface area (Å²) in [6.07, 6.45) is 3.40. The van der Waals surface area contributed by atoms with Crippen LogP contribution >= 0.6 is 15.9 Å². The molecule has 3 aliphatic rings. The molecule has 1 aliphatic carbocycles. The maximum Gasteiger partial charge on any atom is 0.411 e. The third-order valence-electron chi connectivity index (χ3n) is 5.06. The van der Waals surface area contributed by atoms with Gasteiger partial charge in [0.15, 0.2) is 0 Å². The molecule has 7 heteroatoms. The predicted molar refractivity (Wildman–Crippen MR) is 103 cm³/mol. The smallest absolute Gasteiger partial charge is 0.411 e. The standard InChI is InChI=1S/C19H26BrN3O3/c1-11-5-10-14(20)21-16(11)22-17(24)15-12-6-8-13(9-7-12)23(15)18(25)26-19(2,3)4/h5,10,12-13,15H,6-9H2,1-4H3,(H,21,22,24)/t12?,13?,15-/m1/s1. The lowest BCUT2D eigenvalue weighted by Gasteiger charge is -2.50. The Bertz CT molecular complexity index is 708. The molecule has 2 amide bonds. The molecule has 0 aromatic carbocycles. The second-order valence-electron chi connectivity index (χ2n) is 8.19. The number of nitrogens with one attached hydrogen (secondary N) is 1. The van der Waals surface area contributed by atoms with Crippen molar-refractivity contribution in [3.8, 4) is 0 Å². The van der Waals surface area contributed by atoms with Crippen molar-refractivity contribution in [3.63, 3.8) is 0 Å².